The van der Waals surface area contributed by atoms with Crippen molar-refractivity contribution in [3.05, 3.63) is 42.5 Å². The Morgan fingerprint density at radius 1 is 1.44 bits per heavy atom. The number of amides is 1. The van der Waals surface area contributed by atoms with Crippen molar-refractivity contribution in [2.75, 3.05) is 6.61 Å². The first-order chi connectivity index (χ1) is 8.70. The molecule has 0 bridgehead atoms. The lowest BCUT2D eigenvalue weighted by molar-refractivity contribution is 0.0922. The summed E-state index contributed by atoms with van der Waals surface area (Å²) in [6.07, 6.45) is 3.03. The van der Waals surface area contributed by atoms with Crippen LogP contribution >= 0.6 is 0 Å². The predicted octanol–water partition coefficient (Wildman–Crippen LogP) is 0.378. The fourth-order valence-corrected chi connectivity index (χ4v) is 1.46. The maximum atomic E-state index is 11.8. The number of carbonyl (C=O) groups is 1. The Morgan fingerprint density at radius 3 is 2.72 bits per heavy atom. The first-order valence-electron chi connectivity index (χ1n) is 5.57. The molecule has 1 heterocycles. The minimum Gasteiger partial charge on any atom is -0.394 e. The molecule has 2 rings (SSSR count). The SMILES string of the molecule is CC(CO)NC(=O)c1ccc(-n2cncn2)cc1. The highest BCUT2D eigenvalue weighted by molar-refractivity contribution is 5.94. The lowest BCUT2D eigenvalue weighted by Crippen LogP contribution is -2.34. The van der Waals surface area contributed by atoms with Crippen LogP contribution in [-0.2, 0) is 0 Å². The molecule has 0 saturated carbocycles. The summed E-state index contributed by atoms with van der Waals surface area (Å²) < 4.78 is 1.61. The molecule has 2 aromatic rings. The molecule has 6 nitrogen and oxygen atoms in total. The van der Waals surface area contributed by atoms with E-state index >= 15 is 0 Å². The van der Waals surface area contributed by atoms with E-state index in [-0.39, 0.29) is 18.6 Å². The van der Waals surface area contributed by atoms with Gasteiger partial charge in [0.05, 0.1) is 12.3 Å². The highest BCUT2D eigenvalue weighted by Gasteiger charge is 2.08. The van der Waals surface area contributed by atoms with Crippen molar-refractivity contribution in [3.8, 4) is 5.69 Å². The minimum atomic E-state index is -0.257. The molecule has 1 aromatic heterocycles. The van der Waals surface area contributed by atoms with Crippen LogP contribution in [0.1, 0.15) is 17.3 Å². The number of nitrogens with one attached hydrogen (secondary N) is 1. The predicted molar refractivity (Wildman–Crippen MR) is 65.4 cm³/mol. The molecule has 0 saturated heterocycles. The molecular formula is C12H14N4O2. The minimum absolute atomic E-state index is 0.0806. The fourth-order valence-electron chi connectivity index (χ4n) is 1.46. The standard InChI is InChI=1S/C12H14N4O2/c1-9(6-17)15-12(18)10-2-4-11(5-3-10)16-8-13-7-14-16/h2-5,7-9,17H,6H2,1H3,(H,15,18). The third-order valence-electron chi connectivity index (χ3n) is 2.46. The summed E-state index contributed by atoms with van der Waals surface area (Å²) in [7, 11) is 0. The van der Waals surface area contributed by atoms with Crippen LogP contribution in [-0.4, -0.2) is 38.4 Å². The van der Waals surface area contributed by atoms with E-state index in [0.29, 0.717) is 5.56 Å². The molecule has 0 aliphatic heterocycles. The van der Waals surface area contributed by atoms with Gasteiger partial charge in [0.15, 0.2) is 0 Å². The summed E-state index contributed by atoms with van der Waals surface area (Å²) in [6.45, 7) is 1.66. The average molecular weight is 246 g/mol. The van der Waals surface area contributed by atoms with Crippen molar-refractivity contribution < 1.29 is 9.90 Å². The van der Waals surface area contributed by atoms with E-state index in [9.17, 15) is 4.79 Å². The number of hydrogen-bond donors (Lipinski definition) is 2. The molecule has 0 fully saturated rings. The van der Waals surface area contributed by atoms with Gasteiger partial charge >= 0.3 is 0 Å². The highest BCUT2D eigenvalue weighted by Crippen LogP contribution is 2.08. The molecule has 0 aliphatic carbocycles. The molecule has 18 heavy (non-hydrogen) atoms. The zero-order valence-corrected chi connectivity index (χ0v) is 9.95. The molecule has 94 valence electrons. The van der Waals surface area contributed by atoms with Gasteiger partial charge in [-0.2, -0.15) is 5.10 Å². The summed E-state index contributed by atoms with van der Waals surface area (Å²) in [6, 6.07) is 6.72. The number of aliphatic hydroxyl groups excluding tert-OH is 1. The van der Waals surface area contributed by atoms with Crippen molar-refractivity contribution in [1.29, 1.82) is 0 Å². The van der Waals surface area contributed by atoms with Crippen LogP contribution in [0.5, 0.6) is 0 Å². The zero-order valence-electron chi connectivity index (χ0n) is 9.95. The summed E-state index contributed by atoms with van der Waals surface area (Å²) in [4.78, 5) is 15.6. The van der Waals surface area contributed by atoms with Gasteiger partial charge in [-0.3, -0.25) is 4.79 Å². The molecular weight excluding hydrogens is 232 g/mol. The first kappa shape index (κ1) is 12.3. The van der Waals surface area contributed by atoms with E-state index in [1.807, 2.05) is 0 Å². The number of carbonyl (C=O) groups excluding carboxylic acids is 1. The molecule has 1 unspecified atom stereocenters. The topological polar surface area (TPSA) is 80.0 Å². The molecule has 0 radical (unpaired) electrons. The van der Waals surface area contributed by atoms with Gasteiger partial charge in [-0.15, -0.1) is 0 Å². The number of aromatic nitrogens is 3. The fraction of sp³-hybridized carbons (Fsp3) is 0.250. The van der Waals surface area contributed by atoms with Gasteiger partial charge in [0.2, 0.25) is 0 Å². The zero-order chi connectivity index (χ0) is 13.0. The van der Waals surface area contributed by atoms with Gasteiger partial charge in [0.1, 0.15) is 12.7 Å². The number of benzene rings is 1. The summed E-state index contributed by atoms with van der Waals surface area (Å²) in [5.41, 5.74) is 1.37. The number of rotatable bonds is 4. The summed E-state index contributed by atoms with van der Waals surface area (Å²) in [5.74, 6) is -0.207. The van der Waals surface area contributed by atoms with E-state index in [0.717, 1.165) is 5.69 Å². The average Bonchev–Trinajstić information content (AvgIpc) is 2.92. The maximum absolute atomic E-state index is 11.8. The molecule has 1 amide bonds. The third kappa shape index (κ3) is 2.72. The van der Waals surface area contributed by atoms with Crippen molar-refractivity contribution >= 4 is 5.91 Å². The third-order valence-corrected chi connectivity index (χ3v) is 2.46. The Morgan fingerprint density at radius 2 is 2.17 bits per heavy atom. The van der Waals surface area contributed by atoms with Crippen molar-refractivity contribution in [3.63, 3.8) is 0 Å². The van der Waals surface area contributed by atoms with Crippen molar-refractivity contribution in [2.45, 2.75) is 13.0 Å². The van der Waals surface area contributed by atoms with Gasteiger partial charge in [0, 0.05) is 11.6 Å². The Balaban J connectivity index is 2.10. The first-order valence-corrected chi connectivity index (χ1v) is 5.57. The van der Waals surface area contributed by atoms with E-state index < -0.39 is 0 Å². The van der Waals surface area contributed by atoms with E-state index in [1.54, 1.807) is 42.2 Å². The van der Waals surface area contributed by atoms with Crippen LogP contribution in [0.4, 0.5) is 0 Å². The van der Waals surface area contributed by atoms with Crippen LogP contribution in [0.25, 0.3) is 5.69 Å². The largest absolute Gasteiger partial charge is 0.394 e. The van der Waals surface area contributed by atoms with Crippen LogP contribution in [0.2, 0.25) is 0 Å². The molecule has 2 N–H and O–H groups in total. The van der Waals surface area contributed by atoms with Gasteiger partial charge in [0.25, 0.3) is 5.91 Å². The second kappa shape index (κ2) is 5.42. The summed E-state index contributed by atoms with van der Waals surface area (Å²) in [5, 5.41) is 15.5. The quantitative estimate of drug-likeness (QED) is 0.817. The van der Waals surface area contributed by atoms with Crippen molar-refractivity contribution in [1.82, 2.24) is 20.1 Å². The van der Waals surface area contributed by atoms with Gasteiger partial charge < -0.3 is 10.4 Å². The Labute approximate surface area is 104 Å². The Kier molecular flexibility index (Phi) is 3.69. The van der Waals surface area contributed by atoms with E-state index in [1.165, 1.54) is 6.33 Å². The van der Waals surface area contributed by atoms with Crippen molar-refractivity contribution in [2.24, 2.45) is 0 Å². The molecule has 1 aromatic carbocycles. The van der Waals surface area contributed by atoms with Crippen LogP contribution in [0.15, 0.2) is 36.9 Å². The maximum Gasteiger partial charge on any atom is 0.251 e. The number of aliphatic hydroxyl groups is 1. The normalized spacial score (nSPS) is 12.1. The Bertz CT molecular complexity index is 507. The molecule has 0 spiro atoms. The van der Waals surface area contributed by atoms with Crippen LogP contribution in [0, 0.1) is 0 Å². The summed E-state index contributed by atoms with van der Waals surface area (Å²) >= 11 is 0. The molecule has 0 aliphatic rings. The smallest absolute Gasteiger partial charge is 0.251 e. The van der Waals surface area contributed by atoms with E-state index in [4.69, 9.17) is 5.11 Å². The van der Waals surface area contributed by atoms with E-state index in [2.05, 4.69) is 15.4 Å². The van der Waals surface area contributed by atoms with Gasteiger partial charge in [-0.1, -0.05) is 0 Å². The lowest BCUT2D eigenvalue weighted by Gasteiger charge is -2.10. The second-order valence-corrected chi connectivity index (χ2v) is 3.94. The molecule has 1 atom stereocenters. The monoisotopic (exact) mass is 246 g/mol. The number of hydrogen-bond acceptors (Lipinski definition) is 4. The van der Waals surface area contributed by atoms with Gasteiger partial charge in [-0.05, 0) is 31.2 Å². The van der Waals surface area contributed by atoms with Gasteiger partial charge in [-0.25, -0.2) is 9.67 Å². The highest BCUT2D eigenvalue weighted by atomic mass is 16.3. The lowest BCUT2D eigenvalue weighted by atomic mass is 10.2. The van der Waals surface area contributed by atoms with Crippen LogP contribution < -0.4 is 5.32 Å². The second-order valence-electron chi connectivity index (χ2n) is 3.94. The van der Waals surface area contributed by atoms with Crippen LogP contribution in [0.3, 0.4) is 0 Å². The number of nitrogens with zero attached hydrogens (tertiary/aromatic N) is 3. The Hall–Kier alpha value is -2.21. The molecule has 6 heteroatoms.